The number of carbonyl (C=O) groups is 2. The molecule has 0 saturated carbocycles. The molecule has 2 atom stereocenters. The van der Waals surface area contributed by atoms with Crippen molar-refractivity contribution >= 4 is 21.8 Å². The van der Waals surface area contributed by atoms with Crippen molar-refractivity contribution in [2.24, 2.45) is 5.92 Å². The zero-order valence-electron chi connectivity index (χ0n) is 12.8. The van der Waals surface area contributed by atoms with Gasteiger partial charge in [-0.25, -0.2) is 13.1 Å². The number of benzene rings is 1. The molecule has 0 radical (unpaired) electrons. The van der Waals surface area contributed by atoms with Crippen molar-refractivity contribution in [3.05, 3.63) is 29.8 Å². The Morgan fingerprint density at radius 1 is 1.26 bits per heavy atom. The lowest BCUT2D eigenvalue weighted by Crippen LogP contribution is -2.50. The van der Waals surface area contributed by atoms with Gasteiger partial charge in [0.05, 0.1) is 10.8 Å². The zero-order valence-corrected chi connectivity index (χ0v) is 13.6. The maximum atomic E-state index is 12.4. The van der Waals surface area contributed by atoms with Crippen LogP contribution in [0.25, 0.3) is 0 Å². The molecule has 126 valence electrons. The zero-order chi connectivity index (χ0) is 17.0. The fourth-order valence-electron chi connectivity index (χ4n) is 2.58. The molecule has 1 aliphatic heterocycles. The summed E-state index contributed by atoms with van der Waals surface area (Å²) < 4.78 is 27.3. The van der Waals surface area contributed by atoms with Gasteiger partial charge in [0.2, 0.25) is 10.0 Å². The van der Waals surface area contributed by atoms with E-state index >= 15 is 0 Å². The summed E-state index contributed by atoms with van der Waals surface area (Å²) in [4.78, 5) is 22.2. The fraction of sp³-hybridized carbons (Fsp3) is 0.467. The molecule has 1 fully saturated rings. The number of sulfonamides is 1. The molecule has 3 N–H and O–H groups in total. The van der Waals surface area contributed by atoms with Gasteiger partial charge in [-0.3, -0.25) is 9.59 Å². The first-order valence-electron chi connectivity index (χ1n) is 7.32. The lowest BCUT2D eigenvalue weighted by molar-refractivity contribution is -0.142. The number of piperidine rings is 1. The number of carboxylic acids is 1. The Kier molecular flexibility index (Phi) is 5.51. The van der Waals surface area contributed by atoms with E-state index in [1.54, 1.807) is 12.1 Å². The van der Waals surface area contributed by atoms with E-state index in [1.807, 2.05) is 0 Å². The van der Waals surface area contributed by atoms with E-state index in [2.05, 4.69) is 10.0 Å². The first kappa shape index (κ1) is 17.6. The molecule has 1 aromatic carbocycles. The average Bonchev–Trinajstić information content (AvgIpc) is 2.47. The summed E-state index contributed by atoms with van der Waals surface area (Å²) in [5.74, 6) is -1.53. The van der Waals surface area contributed by atoms with E-state index in [-0.39, 0.29) is 23.5 Å². The van der Waals surface area contributed by atoms with Crippen LogP contribution in [0.2, 0.25) is 0 Å². The number of Topliss-reactive ketones (excluding diaryl/α,β-unsaturated/α-hetero) is 1. The predicted molar refractivity (Wildman–Crippen MR) is 83.5 cm³/mol. The molecule has 0 amide bonds. The molecule has 2 rings (SSSR count). The van der Waals surface area contributed by atoms with Crippen LogP contribution in [0.15, 0.2) is 29.2 Å². The minimum atomic E-state index is -3.72. The summed E-state index contributed by atoms with van der Waals surface area (Å²) in [5.41, 5.74) is 0.752. The number of carboxylic acid groups (broad SMARTS) is 1. The topological polar surface area (TPSA) is 113 Å². The van der Waals surface area contributed by atoms with Crippen LogP contribution in [0.1, 0.15) is 18.9 Å². The molecule has 8 heteroatoms. The highest BCUT2D eigenvalue weighted by Crippen LogP contribution is 2.16. The van der Waals surface area contributed by atoms with Crippen LogP contribution in [0, 0.1) is 5.92 Å². The Morgan fingerprint density at radius 3 is 2.48 bits per heavy atom. The lowest BCUT2D eigenvalue weighted by Gasteiger charge is -2.28. The molecule has 0 aliphatic carbocycles. The third-order valence-electron chi connectivity index (χ3n) is 3.71. The molecule has 0 spiro atoms. The van der Waals surface area contributed by atoms with Crippen molar-refractivity contribution in [1.29, 1.82) is 0 Å². The number of hydrogen-bond donors (Lipinski definition) is 3. The summed E-state index contributed by atoms with van der Waals surface area (Å²) >= 11 is 0. The maximum absolute atomic E-state index is 12.4. The van der Waals surface area contributed by atoms with Crippen LogP contribution in [0.4, 0.5) is 0 Å². The van der Waals surface area contributed by atoms with Gasteiger partial charge in [-0.2, -0.15) is 0 Å². The molecule has 1 aromatic rings. The summed E-state index contributed by atoms with van der Waals surface area (Å²) in [7, 11) is -3.72. The second-order valence-corrected chi connectivity index (χ2v) is 7.48. The highest BCUT2D eigenvalue weighted by molar-refractivity contribution is 7.89. The number of aliphatic carboxylic acids is 1. The normalized spacial score (nSPS) is 21.8. The van der Waals surface area contributed by atoms with Crippen molar-refractivity contribution in [2.75, 3.05) is 13.1 Å². The quantitative estimate of drug-likeness (QED) is 0.680. The van der Waals surface area contributed by atoms with Crippen LogP contribution in [0.5, 0.6) is 0 Å². The number of rotatable bonds is 6. The molecule has 0 unspecified atom stereocenters. The standard InChI is InChI=1S/C15H20N2O5S/c1-10(18)6-11-2-4-14(5-3-11)23(21,22)17-13-7-12(15(19)20)8-16-9-13/h2-5,12-13,16-17H,6-9H2,1H3,(H,19,20)/t12-,13+/m0/s1. The summed E-state index contributed by atoms with van der Waals surface area (Å²) in [6.45, 7) is 2.21. The number of nitrogens with one attached hydrogen (secondary N) is 2. The molecular formula is C15H20N2O5S. The van der Waals surface area contributed by atoms with E-state index < -0.39 is 28.0 Å². The Hall–Kier alpha value is -1.77. The van der Waals surface area contributed by atoms with Gasteiger partial charge in [-0.15, -0.1) is 0 Å². The van der Waals surface area contributed by atoms with Gasteiger partial charge in [0.1, 0.15) is 5.78 Å². The molecule has 1 aliphatic rings. The molecule has 23 heavy (non-hydrogen) atoms. The third kappa shape index (κ3) is 4.85. The number of ketones is 1. The average molecular weight is 340 g/mol. The minimum absolute atomic E-state index is 0.00623. The fourth-order valence-corrected chi connectivity index (χ4v) is 3.83. The second kappa shape index (κ2) is 7.20. The molecule has 1 saturated heterocycles. The first-order valence-corrected chi connectivity index (χ1v) is 8.80. The van der Waals surface area contributed by atoms with Crippen LogP contribution in [-0.2, 0) is 26.0 Å². The van der Waals surface area contributed by atoms with E-state index in [0.717, 1.165) is 5.56 Å². The molecule has 1 heterocycles. The lowest BCUT2D eigenvalue weighted by atomic mass is 9.97. The highest BCUT2D eigenvalue weighted by atomic mass is 32.2. The number of carbonyl (C=O) groups excluding carboxylic acids is 1. The van der Waals surface area contributed by atoms with E-state index in [1.165, 1.54) is 19.1 Å². The van der Waals surface area contributed by atoms with Crippen molar-refractivity contribution < 1.29 is 23.1 Å². The van der Waals surface area contributed by atoms with Gasteiger partial charge in [-0.05, 0) is 31.0 Å². The van der Waals surface area contributed by atoms with Crippen LogP contribution in [0.3, 0.4) is 0 Å². The van der Waals surface area contributed by atoms with E-state index in [4.69, 9.17) is 5.11 Å². The Bertz CT molecular complexity index is 684. The minimum Gasteiger partial charge on any atom is -0.481 e. The van der Waals surface area contributed by atoms with Crippen molar-refractivity contribution in [2.45, 2.75) is 30.7 Å². The SMILES string of the molecule is CC(=O)Cc1ccc(S(=O)(=O)N[C@H]2CNC[C@@H](C(=O)O)C2)cc1. The summed E-state index contributed by atoms with van der Waals surface area (Å²) in [6, 6.07) is 5.65. The monoisotopic (exact) mass is 340 g/mol. The van der Waals surface area contributed by atoms with Crippen molar-refractivity contribution in [3.8, 4) is 0 Å². The molecule has 0 aromatic heterocycles. The first-order chi connectivity index (χ1) is 10.8. The number of hydrogen-bond acceptors (Lipinski definition) is 5. The van der Waals surface area contributed by atoms with Gasteiger partial charge >= 0.3 is 5.97 Å². The van der Waals surface area contributed by atoms with Crippen LogP contribution in [-0.4, -0.2) is 44.4 Å². The maximum Gasteiger partial charge on any atom is 0.307 e. The van der Waals surface area contributed by atoms with Gasteiger partial charge < -0.3 is 10.4 Å². The molecule has 7 nitrogen and oxygen atoms in total. The predicted octanol–water partition coefficient (Wildman–Crippen LogP) is 0.159. The summed E-state index contributed by atoms with van der Waals surface area (Å²) in [5, 5.41) is 12.0. The Morgan fingerprint density at radius 2 is 1.91 bits per heavy atom. The second-order valence-electron chi connectivity index (χ2n) is 5.77. The van der Waals surface area contributed by atoms with Gasteiger partial charge in [0.25, 0.3) is 0 Å². The smallest absolute Gasteiger partial charge is 0.307 e. The van der Waals surface area contributed by atoms with Crippen LogP contribution >= 0.6 is 0 Å². The molecular weight excluding hydrogens is 320 g/mol. The van der Waals surface area contributed by atoms with Gasteiger partial charge in [-0.1, -0.05) is 12.1 Å². The van der Waals surface area contributed by atoms with E-state index in [0.29, 0.717) is 13.1 Å². The Labute approximate surface area is 135 Å². The third-order valence-corrected chi connectivity index (χ3v) is 5.24. The largest absolute Gasteiger partial charge is 0.481 e. The van der Waals surface area contributed by atoms with Gasteiger partial charge in [0, 0.05) is 25.6 Å². The van der Waals surface area contributed by atoms with E-state index in [9.17, 15) is 18.0 Å². The molecule has 0 bridgehead atoms. The van der Waals surface area contributed by atoms with Gasteiger partial charge in [0.15, 0.2) is 0 Å². The highest BCUT2D eigenvalue weighted by Gasteiger charge is 2.29. The van der Waals surface area contributed by atoms with Crippen molar-refractivity contribution in [1.82, 2.24) is 10.0 Å². The van der Waals surface area contributed by atoms with Crippen LogP contribution < -0.4 is 10.0 Å². The Balaban J connectivity index is 2.06. The van der Waals surface area contributed by atoms with Crippen molar-refractivity contribution in [3.63, 3.8) is 0 Å². The summed E-state index contributed by atoms with van der Waals surface area (Å²) in [6.07, 6.45) is 0.518.